The molecule has 5 heterocycles. The molecule has 89 heavy (non-hydrogen) atoms. The first-order valence-electron chi connectivity index (χ1n) is 31.4. The highest BCUT2D eigenvalue weighted by molar-refractivity contribution is 6.37. The highest BCUT2D eigenvalue weighted by Gasteiger charge is 2.35. The maximum Gasteiger partial charge on any atom is 0.143 e. The van der Waals surface area contributed by atoms with E-state index in [4.69, 9.17) is 104 Å². The van der Waals surface area contributed by atoms with Gasteiger partial charge in [-0.1, -0.05) is 141 Å². The second-order valence-electron chi connectivity index (χ2n) is 24.8. The normalized spacial score (nSPS) is 21.8. The van der Waals surface area contributed by atoms with Crippen molar-refractivity contribution in [2.45, 2.75) is 63.8 Å². The molecule has 5 saturated heterocycles. The van der Waals surface area contributed by atoms with E-state index in [9.17, 15) is 4.79 Å². The molecule has 1 N–H and O–H groups in total. The standard InChI is InChI=1S/C27H35Cl3N4.C23H29Cl3N4.C19H19Cl3N2O/c1-20(33-13-10-31(11-14-33)18-21-2-3-21)17-32-12-15-34(26-9-8-24(29)16-25(26)30)27(19-32)22-4-6-23(28)7-5-22;1-17(29-10-8-27-9-11-29)15-28-12-13-30(22-7-6-20(25)14-21(22)26)23(16-28)18-2-4-19(24)5-3-18;1-13(25)11-23-8-9-24(18-7-6-16(21)10-17(18)22)19(12-23)14-2-4-15(20)5-3-14/h4-9,16,20-21,27H,2-3,10-15,17-19H2,1H3;2-7,14,17,23,27H,8-13,15-16H2,1H3;2-7,10,19H,8-9,11-12H2,1H3/t20?,27-;17?,23-;19-/m000/s1. The molecule has 1 saturated carbocycles. The van der Waals surface area contributed by atoms with Gasteiger partial charge in [-0.25, -0.2) is 0 Å². The predicted octanol–water partition coefficient (Wildman–Crippen LogP) is 15.8. The number of nitrogens with one attached hydrogen (secondary N) is 1. The molecule has 0 spiro atoms. The molecule has 5 atom stereocenters. The van der Waals surface area contributed by atoms with Gasteiger partial charge in [0.1, 0.15) is 5.78 Å². The molecule has 6 fully saturated rings. The van der Waals surface area contributed by atoms with Crippen molar-refractivity contribution in [2.75, 3.05) is 152 Å². The Morgan fingerprint density at radius 2 is 0.742 bits per heavy atom. The van der Waals surface area contributed by atoms with Gasteiger partial charge >= 0.3 is 0 Å². The van der Waals surface area contributed by atoms with Crippen LogP contribution in [-0.4, -0.2) is 185 Å². The number of ketones is 1. The predicted molar refractivity (Wildman–Crippen MR) is 378 cm³/mol. The summed E-state index contributed by atoms with van der Waals surface area (Å²) in [5.41, 5.74) is 6.70. The van der Waals surface area contributed by atoms with Crippen molar-refractivity contribution in [3.05, 3.63) is 189 Å². The monoisotopic (exact) mass is 1380 g/mol. The largest absolute Gasteiger partial charge is 0.361 e. The van der Waals surface area contributed by atoms with Crippen molar-refractivity contribution in [1.29, 1.82) is 0 Å². The van der Waals surface area contributed by atoms with E-state index in [-0.39, 0.29) is 23.9 Å². The lowest BCUT2D eigenvalue weighted by Crippen LogP contribution is -2.55. The zero-order chi connectivity index (χ0) is 62.7. The zero-order valence-corrected chi connectivity index (χ0v) is 58.0. The van der Waals surface area contributed by atoms with Crippen molar-refractivity contribution in [2.24, 2.45) is 5.92 Å². The van der Waals surface area contributed by atoms with Crippen molar-refractivity contribution in [3.8, 4) is 0 Å². The molecule has 1 aliphatic carbocycles. The Morgan fingerprint density at radius 1 is 0.416 bits per heavy atom. The second-order valence-corrected chi connectivity index (χ2v) is 28.6. The molecular formula is C69H83Cl9N10O. The molecule has 6 aliphatic rings. The van der Waals surface area contributed by atoms with E-state index in [1.54, 1.807) is 13.0 Å². The van der Waals surface area contributed by atoms with Crippen LogP contribution >= 0.6 is 104 Å². The number of anilines is 3. The lowest BCUT2D eigenvalue weighted by Gasteiger charge is -2.45. The van der Waals surface area contributed by atoms with Crippen molar-refractivity contribution in [3.63, 3.8) is 0 Å². The van der Waals surface area contributed by atoms with Crippen molar-refractivity contribution < 1.29 is 4.79 Å². The van der Waals surface area contributed by atoms with Gasteiger partial charge in [-0.3, -0.25) is 29.3 Å². The number of piperazine rings is 5. The Kier molecular flexibility index (Phi) is 25.2. The van der Waals surface area contributed by atoms with Gasteiger partial charge in [0.05, 0.1) is 56.8 Å². The summed E-state index contributed by atoms with van der Waals surface area (Å²) >= 11 is 56.5. The number of nitrogens with zero attached hydrogens (tertiary/aromatic N) is 9. The third-order valence-corrected chi connectivity index (χ3v) is 20.7. The van der Waals surface area contributed by atoms with E-state index in [1.807, 2.05) is 97.1 Å². The van der Waals surface area contributed by atoms with Crippen LogP contribution in [0, 0.1) is 5.92 Å². The Bertz CT molecular complexity index is 3240. The molecule has 6 aromatic rings. The van der Waals surface area contributed by atoms with Crippen LogP contribution in [0.1, 0.15) is 68.4 Å². The molecule has 478 valence electrons. The van der Waals surface area contributed by atoms with Gasteiger partial charge in [0.2, 0.25) is 0 Å². The van der Waals surface area contributed by atoms with E-state index < -0.39 is 0 Å². The molecule has 11 nitrogen and oxygen atoms in total. The number of Topliss-reactive ketones (excluding diaryl/α,β-unsaturated/α-hetero) is 1. The number of carbonyl (C=O) groups excluding carboxylic acids is 1. The van der Waals surface area contributed by atoms with Gasteiger partial charge in [-0.15, -0.1) is 0 Å². The van der Waals surface area contributed by atoms with Gasteiger partial charge in [-0.05, 0) is 147 Å². The zero-order valence-electron chi connectivity index (χ0n) is 51.2. The van der Waals surface area contributed by atoms with Crippen LogP contribution in [0.4, 0.5) is 17.1 Å². The number of rotatable bonds is 16. The third kappa shape index (κ3) is 19.2. The highest BCUT2D eigenvalue weighted by Crippen LogP contribution is 2.41. The van der Waals surface area contributed by atoms with Gasteiger partial charge in [-0.2, -0.15) is 0 Å². The maximum absolute atomic E-state index is 11.5. The smallest absolute Gasteiger partial charge is 0.143 e. The van der Waals surface area contributed by atoms with Crippen LogP contribution in [0.25, 0.3) is 0 Å². The first-order chi connectivity index (χ1) is 42.9. The summed E-state index contributed by atoms with van der Waals surface area (Å²) in [5.74, 6) is 1.16. The minimum absolute atomic E-state index is 0.0871. The summed E-state index contributed by atoms with van der Waals surface area (Å²) in [6, 6.07) is 43.1. The van der Waals surface area contributed by atoms with E-state index >= 15 is 0 Å². The first kappa shape index (κ1) is 68.6. The SMILES string of the molecule is CC(=O)CN1CCN(c2ccc(Cl)cc2Cl)[C@H](c2ccc(Cl)cc2)C1.CC(CN1CCN(c2ccc(Cl)cc2Cl)[C@H](c2ccc(Cl)cc2)C1)N1CCN(CC2CC2)CC1.CC(CN1CCN(c2ccc(Cl)cc2Cl)[C@H](c2ccc(Cl)cc2)C1)N1CCNCC1. The number of halogens is 9. The number of benzene rings is 6. The summed E-state index contributed by atoms with van der Waals surface area (Å²) in [7, 11) is 0. The molecule has 20 heteroatoms. The number of hydrogen-bond donors (Lipinski definition) is 1. The lowest BCUT2D eigenvalue weighted by atomic mass is 10.0. The van der Waals surface area contributed by atoms with Crippen LogP contribution in [0.3, 0.4) is 0 Å². The summed E-state index contributed by atoms with van der Waals surface area (Å²) < 4.78 is 0. The third-order valence-electron chi connectivity index (χ3n) is 18.3. The molecule has 12 rings (SSSR count). The maximum atomic E-state index is 11.5. The number of hydrogen-bond acceptors (Lipinski definition) is 11. The Labute approximate surface area is 573 Å². The topological polar surface area (TPSA) is 58.3 Å². The van der Waals surface area contributed by atoms with Crippen LogP contribution in [0.5, 0.6) is 0 Å². The van der Waals surface area contributed by atoms with Gasteiger partial charge in [0.15, 0.2) is 0 Å². The number of carbonyl (C=O) groups is 1. The molecular weight excluding hydrogens is 1300 g/mol. The summed E-state index contributed by atoms with van der Waals surface area (Å²) in [5, 5.41) is 9.66. The Morgan fingerprint density at radius 3 is 1.09 bits per heavy atom. The molecule has 0 aromatic heterocycles. The minimum Gasteiger partial charge on any atom is -0.361 e. The van der Waals surface area contributed by atoms with Crippen LogP contribution in [0.15, 0.2) is 127 Å². The molecule has 2 unspecified atom stereocenters. The van der Waals surface area contributed by atoms with E-state index in [0.29, 0.717) is 53.8 Å². The van der Waals surface area contributed by atoms with Gasteiger partial charge in [0.25, 0.3) is 0 Å². The molecule has 0 bridgehead atoms. The fourth-order valence-electron chi connectivity index (χ4n) is 13.4. The van der Waals surface area contributed by atoms with E-state index in [1.165, 1.54) is 56.7 Å². The fourth-order valence-corrected chi connectivity index (χ4v) is 15.3. The molecule has 0 amide bonds. The quantitative estimate of drug-likeness (QED) is 0.101. The van der Waals surface area contributed by atoms with Crippen molar-refractivity contribution >= 4 is 127 Å². The van der Waals surface area contributed by atoms with Crippen LogP contribution in [-0.2, 0) is 4.79 Å². The van der Waals surface area contributed by atoms with Gasteiger partial charge < -0.3 is 24.9 Å². The van der Waals surface area contributed by atoms with Crippen molar-refractivity contribution in [1.82, 2.24) is 34.7 Å². The average Bonchev–Trinajstić information content (AvgIpc) is 3.50. The Hall–Kier alpha value is -3.28. The van der Waals surface area contributed by atoms with Crippen LogP contribution < -0.4 is 20.0 Å². The first-order valence-corrected chi connectivity index (χ1v) is 34.8. The van der Waals surface area contributed by atoms with E-state index in [2.05, 4.69) is 87.5 Å². The van der Waals surface area contributed by atoms with Gasteiger partial charge in [0, 0.05) is 173 Å². The average molecular weight is 1390 g/mol. The molecule has 0 radical (unpaired) electrons. The summed E-state index contributed by atoms with van der Waals surface area (Å²) in [4.78, 5) is 34.0. The fraction of sp³-hybridized carbons (Fsp3) is 0.464. The second kappa shape index (κ2) is 32.7. The minimum atomic E-state index is 0.0871. The summed E-state index contributed by atoms with van der Waals surface area (Å²) in [6.45, 7) is 27.7. The lowest BCUT2D eigenvalue weighted by molar-refractivity contribution is -0.118. The molecule has 6 aromatic carbocycles. The summed E-state index contributed by atoms with van der Waals surface area (Å²) in [6.07, 6.45) is 2.89. The highest BCUT2D eigenvalue weighted by atomic mass is 35.5. The van der Waals surface area contributed by atoms with E-state index in [0.717, 1.165) is 137 Å². The Balaban J connectivity index is 0.000000149. The van der Waals surface area contributed by atoms with Crippen LogP contribution in [0.2, 0.25) is 45.2 Å². The molecule has 5 aliphatic heterocycles.